The lowest BCUT2D eigenvalue weighted by Gasteiger charge is -2.14. The molecule has 0 radical (unpaired) electrons. The summed E-state index contributed by atoms with van der Waals surface area (Å²) >= 11 is 0. The number of hydrogen-bond donors (Lipinski definition) is 2. The van der Waals surface area contributed by atoms with Gasteiger partial charge < -0.3 is 15.4 Å². The van der Waals surface area contributed by atoms with Crippen LogP contribution in [-0.2, 0) is 13.1 Å². The molecule has 23 heavy (non-hydrogen) atoms. The summed E-state index contributed by atoms with van der Waals surface area (Å²) in [6.45, 7) is 5.40. The molecule has 5 heteroatoms. The summed E-state index contributed by atoms with van der Waals surface area (Å²) in [5.41, 5.74) is 2.03. The number of rotatable bonds is 7. The lowest BCUT2D eigenvalue weighted by atomic mass is 10.2. The molecule has 2 rings (SSSR count). The van der Waals surface area contributed by atoms with Crippen LogP contribution in [0.25, 0.3) is 0 Å². The molecular formula is C18H22N4O. The SMILES string of the molecule is C=CCOc1ccccc1CNC(=NC)NCc1ccccn1. The van der Waals surface area contributed by atoms with Gasteiger partial charge >= 0.3 is 0 Å². The maximum atomic E-state index is 5.65. The summed E-state index contributed by atoms with van der Waals surface area (Å²) in [5, 5.41) is 6.52. The monoisotopic (exact) mass is 310 g/mol. The molecule has 0 aliphatic heterocycles. The minimum absolute atomic E-state index is 0.490. The first-order chi connectivity index (χ1) is 11.3. The summed E-state index contributed by atoms with van der Waals surface area (Å²) in [6.07, 6.45) is 3.51. The Morgan fingerprint density at radius 2 is 1.96 bits per heavy atom. The molecule has 0 amide bonds. The van der Waals surface area contributed by atoms with Crippen LogP contribution in [0.4, 0.5) is 0 Å². The topological polar surface area (TPSA) is 58.5 Å². The molecule has 0 bridgehead atoms. The largest absolute Gasteiger partial charge is 0.489 e. The Labute approximate surface area is 137 Å². The van der Waals surface area contributed by atoms with Crippen molar-refractivity contribution < 1.29 is 4.74 Å². The molecule has 0 aliphatic carbocycles. The van der Waals surface area contributed by atoms with Crippen molar-refractivity contribution in [1.29, 1.82) is 0 Å². The predicted octanol–water partition coefficient (Wildman–Crippen LogP) is 2.51. The first-order valence-electron chi connectivity index (χ1n) is 7.49. The second-order valence-electron chi connectivity index (χ2n) is 4.81. The van der Waals surface area contributed by atoms with Crippen LogP contribution in [0.15, 0.2) is 66.3 Å². The number of nitrogens with zero attached hydrogens (tertiary/aromatic N) is 2. The van der Waals surface area contributed by atoms with Gasteiger partial charge in [-0.3, -0.25) is 9.98 Å². The highest BCUT2D eigenvalue weighted by Gasteiger charge is 2.04. The molecule has 0 atom stereocenters. The lowest BCUT2D eigenvalue weighted by molar-refractivity contribution is 0.358. The third-order valence-electron chi connectivity index (χ3n) is 3.16. The third kappa shape index (κ3) is 5.47. The van der Waals surface area contributed by atoms with Crippen LogP contribution in [0.3, 0.4) is 0 Å². The van der Waals surface area contributed by atoms with Crippen molar-refractivity contribution in [2.45, 2.75) is 13.1 Å². The Hall–Kier alpha value is -2.82. The van der Waals surface area contributed by atoms with Crippen LogP contribution in [0, 0.1) is 0 Å². The Balaban J connectivity index is 1.89. The number of pyridine rings is 1. The molecule has 1 aromatic heterocycles. The van der Waals surface area contributed by atoms with Crippen LogP contribution in [0.1, 0.15) is 11.3 Å². The average molecular weight is 310 g/mol. The maximum Gasteiger partial charge on any atom is 0.191 e. The van der Waals surface area contributed by atoms with Crippen molar-refractivity contribution in [3.63, 3.8) is 0 Å². The molecule has 5 nitrogen and oxygen atoms in total. The van der Waals surface area contributed by atoms with Crippen molar-refractivity contribution in [1.82, 2.24) is 15.6 Å². The first kappa shape index (κ1) is 16.5. The summed E-state index contributed by atoms with van der Waals surface area (Å²) in [5.74, 6) is 1.56. The fourth-order valence-electron chi connectivity index (χ4n) is 2.02. The van der Waals surface area contributed by atoms with E-state index >= 15 is 0 Å². The number of ether oxygens (including phenoxy) is 1. The van der Waals surface area contributed by atoms with Gasteiger partial charge in [0.25, 0.3) is 0 Å². The van der Waals surface area contributed by atoms with Gasteiger partial charge in [0.2, 0.25) is 0 Å². The van der Waals surface area contributed by atoms with E-state index in [4.69, 9.17) is 4.74 Å². The molecular weight excluding hydrogens is 288 g/mol. The molecule has 0 unspecified atom stereocenters. The van der Waals surface area contributed by atoms with Crippen LogP contribution in [0.5, 0.6) is 5.75 Å². The van der Waals surface area contributed by atoms with Crippen LogP contribution < -0.4 is 15.4 Å². The van der Waals surface area contributed by atoms with Crippen molar-refractivity contribution in [2.75, 3.05) is 13.7 Å². The molecule has 0 aliphatic rings. The zero-order valence-electron chi connectivity index (χ0n) is 13.3. The van der Waals surface area contributed by atoms with Crippen molar-refractivity contribution in [2.24, 2.45) is 4.99 Å². The molecule has 1 heterocycles. The van der Waals surface area contributed by atoms with Gasteiger partial charge in [0.1, 0.15) is 12.4 Å². The number of hydrogen-bond acceptors (Lipinski definition) is 3. The van der Waals surface area contributed by atoms with E-state index < -0.39 is 0 Å². The van der Waals surface area contributed by atoms with E-state index in [0.717, 1.165) is 17.0 Å². The van der Waals surface area contributed by atoms with E-state index in [1.54, 1.807) is 19.3 Å². The summed E-state index contributed by atoms with van der Waals surface area (Å²) in [6, 6.07) is 13.8. The van der Waals surface area contributed by atoms with Gasteiger partial charge in [-0.15, -0.1) is 0 Å². The minimum Gasteiger partial charge on any atom is -0.489 e. The summed E-state index contributed by atoms with van der Waals surface area (Å²) in [4.78, 5) is 8.50. The number of benzene rings is 1. The van der Waals surface area contributed by atoms with Gasteiger partial charge in [0, 0.05) is 25.4 Å². The van der Waals surface area contributed by atoms with Crippen molar-refractivity contribution in [3.8, 4) is 5.75 Å². The van der Waals surface area contributed by atoms with E-state index in [1.165, 1.54) is 0 Å². The minimum atomic E-state index is 0.490. The molecule has 2 N–H and O–H groups in total. The standard InChI is InChI=1S/C18H22N4O/c1-3-12-23-17-10-5-4-8-15(17)13-21-18(19-2)22-14-16-9-6-7-11-20-16/h3-11H,1,12-14H2,2H3,(H2,19,21,22). The summed E-state index contributed by atoms with van der Waals surface area (Å²) in [7, 11) is 1.74. The zero-order valence-corrected chi connectivity index (χ0v) is 13.3. The highest BCUT2D eigenvalue weighted by Crippen LogP contribution is 2.17. The smallest absolute Gasteiger partial charge is 0.191 e. The number of aliphatic imine (C=N–C) groups is 1. The Bertz CT molecular complexity index is 640. The molecule has 2 aromatic rings. The first-order valence-corrected chi connectivity index (χ1v) is 7.49. The predicted molar refractivity (Wildman–Crippen MR) is 93.4 cm³/mol. The lowest BCUT2D eigenvalue weighted by Crippen LogP contribution is -2.36. The third-order valence-corrected chi connectivity index (χ3v) is 3.16. The molecule has 1 aromatic carbocycles. The van der Waals surface area contributed by atoms with E-state index in [9.17, 15) is 0 Å². The number of aromatic nitrogens is 1. The number of nitrogens with one attached hydrogen (secondary N) is 2. The normalized spacial score (nSPS) is 10.9. The second-order valence-corrected chi connectivity index (χ2v) is 4.81. The number of guanidine groups is 1. The second kappa shape index (κ2) is 9.25. The Kier molecular flexibility index (Phi) is 6.65. The fourth-order valence-corrected chi connectivity index (χ4v) is 2.02. The van der Waals surface area contributed by atoms with Gasteiger partial charge in [-0.2, -0.15) is 0 Å². The van der Waals surface area contributed by atoms with Crippen LogP contribution in [-0.4, -0.2) is 24.6 Å². The Morgan fingerprint density at radius 1 is 1.17 bits per heavy atom. The molecule has 0 fully saturated rings. The van der Waals surface area contributed by atoms with Gasteiger partial charge in [0.15, 0.2) is 5.96 Å². The fraction of sp³-hybridized carbons (Fsp3) is 0.222. The molecule has 0 saturated carbocycles. The quantitative estimate of drug-likeness (QED) is 0.469. The highest BCUT2D eigenvalue weighted by atomic mass is 16.5. The van der Waals surface area contributed by atoms with Crippen LogP contribution >= 0.6 is 0 Å². The van der Waals surface area contributed by atoms with E-state index in [-0.39, 0.29) is 0 Å². The van der Waals surface area contributed by atoms with Gasteiger partial charge in [-0.1, -0.05) is 36.9 Å². The van der Waals surface area contributed by atoms with Crippen molar-refractivity contribution >= 4 is 5.96 Å². The Morgan fingerprint density at radius 3 is 2.70 bits per heavy atom. The van der Waals surface area contributed by atoms with E-state index in [2.05, 4.69) is 27.2 Å². The van der Waals surface area contributed by atoms with E-state index in [0.29, 0.717) is 25.7 Å². The maximum absolute atomic E-state index is 5.65. The molecule has 0 spiro atoms. The molecule has 0 saturated heterocycles. The van der Waals surface area contributed by atoms with E-state index in [1.807, 2.05) is 42.5 Å². The van der Waals surface area contributed by atoms with Gasteiger partial charge in [-0.25, -0.2) is 0 Å². The van der Waals surface area contributed by atoms with Gasteiger partial charge in [0.05, 0.1) is 12.2 Å². The average Bonchev–Trinajstić information content (AvgIpc) is 2.61. The highest BCUT2D eigenvalue weighted by molar-refractivity contribution is 5.79. The molecule has 120 valence electrons. The van der Waals surface area contributed by atoms with Gasteiger partial charge in [-0.05, 0) is 18.2 Å². The van der Waals surface area contributed by atoms with Crippen molar-refractivity contribution in [3.05, 3.63) is 72.6 Å². The number of para-hydroxylation sites is 1. The zero-order chi connectivity index (χ0) is 16.3. The summed E-state index contributed by atoms with van der Waals surface area (Å²) < 4.78 is 5.65. The van der Waals surface area contributed by atoms with Crippen LogP contribution in [0.2, 0.25) is 0 Å².